The number of hydrogen-bond donors (Lipinski definition) is 0. The minimum atomic E-state index is -0.348. The third-order valence-corrected chi connectivity index (χ3v) is 2.70. The minimum Gasteiger partial charge on any atom is -0.460 e. The highest BCUT2D eigenvalue weighted by atomic mass is 16.6. The molecule has 0 heterocycles. The van der Waals surface area contributed by atoms with E-state index in [1.807, 2.05) is 0 Å². The van der Waals surface area contributed by atoms with Gasteiger partial charge in [0.15, 0.2) is 0 Å². The van der Waals surface area contributed by atoms with Gasteiger partial charge < -0.3 is 9.47 Å². The molecule has 0 aliphatic rings. The molecule has 0 fully saturated rings. The SMILES string of the molecule is C=C(C)C(=O)OCCOC(C)CCCCC=CCC. The van der Waals surface area contributed by atoms with Gasteiger partial charge in [-0.15, -0.1) is 0 Å². The van der Waals surface area contributed by atoms with Gasteiger partial charge in [-0.05, 0) is 39.5 Å². The summed E-state index contributed by atoms with van der Waals surface area (Å²) in [6, 6.07) is 0. The second-order valence-corrected chi connectivity index (χ2v) is 4.76. The molecular weight excluding hydrogens is 240 g/mol. The van der Waals surface area contributed by atoms with Crippen molar-refractivity contribution in [3.63, 3.8) is 0 Å². The van der Waals surface area contributed by atoms with Crippen molar-refractivity contribution in [1.82, 2.24) is 0 Å². The van der Waals surface area contributed by atoms with Crippen molar-refractivity contribution in [2.75, 3.05) is 13.2 Å². The molecule has 0 aliphatic heterocycles. The molecule has 19 heavy (non-hydrogen) atoms. The minimum absolute atomic E-state index is 0.221. The molecule has 0 saturated carbocycles. The normalized spacial score (nSPS) is 12.6. The molecule has 0 aromatic carbocycles. The van der Waals surface area contributed by atoms with E-state index in [4.69, 9.17) is 9.47 Å². The Labute approximate surface area is 117 Å². The van der Waals surface area contributed by atoms with Crippen molar-refractivity contribution in [1.29, 1.82) is 0 Å². The summed E-state index contributed by atoms with van der Waals surface area (Å²) < 4.78 is 10.5. The smallest absolute Gasteiger partial charge is 0.333 e. The van der Waals surface area contributed by atoms with Gasteiger partial charge in [-0.2, -0.15) is 0 Å². The van der Waals surface area contributed by atoms with E-state index in [0.717, 1.165) is 19.3 Å². The topological polar surface area (TPSA) is 35.5 Å². The Morgan fingerprint density at radius 3 is 2.63 bits per heavy atom. The van der Waals surface area contributed by atoms with Gasteiger partial charge in [0.25, 0.3) is 0 Å². The van der Waals surface area contributed by atoms with Crippen LogP contribution in [0.4, 0.5) is 0 Å². The number of hydrogen-bond acceptors (Lipinski definition) is 3. The Hall–Kier alpha value is -1.09. The van der Waals surface area contributed by atoms with Crippen molar-refractivity contribution in [2.45, 2.75) is 59.0 Å². The first-order valence-corrected chi connectivity index (χ1v) is 7.17. The Balaban J connectivity index is 3.39. The van der Waals surface area contributed by atoms with E-state index in [1.165, 1.54) is 12.8 Å². The first-order chi connectivity index (χ1) is 9.07. The van der Waals surface area contributed by atoms with Crippen LogP contribution in [0.15, 0.2) is 24.3 Å². The molecule has 110 valence electrons. The first-order valence-electron chi connectivity index (χ1n) is 7.17. The lowest BCUT2D eigenvalue weighted by molar-refractivity contribution is -0.141. The van der Waals surface area contributed by atoms with Crippen LogP contribution in [-0.4, -0.2) is 25.3 Å². The number of unbranched alkanes of at least 4 members (excludes halogenated alkanes) is 2. The number of carbonyl (C=O) groups is 1. The molecule has 0 aliphatic carbocycles. The average Bonchev–Trinajstić information content (AvgIpc) is 2.38. The summed E-state index contributed by atoms with van der Waals surface area (Å²) in [6.07, 6.45) is 10.3. The van der Waals surface area contributed by atoms with Gasteiger partial charge in [-0.25, -0.2) is 4.79 Å². The molecule has 0 amide bonds. The van der Waals surface area contributed by atoms with E-state index in [1.54, 1.807) is 6.92 Å². The summed E-state index contributed by atoms with van der Waals surface area (Å²) in [5, 5.41) is 0. The molecular formula is C16H28O3. The number of rotatable bonds is 11. The van der Waals surface area contributed by atoms with Crippen molar-refractivity contribution in [2.24, 2.45) is 0 Å². The predicted octanol–water partition coefficient (Wildman–Crippen LogP) is 4.04. The van der Waals surface area contributed by atoms with E-state index in [-0.39, 0.29) is 12.1 Å². The molecule has 0 aromatic rings. The maximum absolute atomic E-state index is 11.1. The van der Waals surface area contributed by atoms with Crippen LogP contribution in [-0.2, 0) is 14.3 Å². The second-order valence-electron chi connectivity index (χ2n) is 4.76. The van der Waals surface area contributed by atoms with Crippen molar-refractivity contribution < 1.29 is 14.3 Å². The van der Waals surface area contributed by atoms with Crippen molar-refractivity contribution >= 4 is 5.97 Å². The average molecular weight is 268 g/mol. The quantitative estimate of drug-likeness (QED) is 0.245. The highest BCUT2D eigenvalue weighted by Crippen LogP contribution is 2.07. The Morgan fingerprint density at radius 1 is 1.26 bits per heavy atom. The summed E-state index contributed by atoms with van der Waals surface area (Å²) in [6.45, 7) is 10.1. The molecule has 0 spiro atoms. The van der Waals surface area contributed by atoms with Gasteiger partial charge in [-0.3, -0.25) is 0 Å². The fourth-order valence-electron chi connectivity index (χ4n) is 1.57. The van der Waals surface area contributed by atoms with Gasteiger partial charge in [0, 0.05) is 5.57 Å². The largest absolute Gasteiger partial charge is 0.460 e. The maximum Gasteiger partial charge on any atom is 0.333 e. The van der Waals surface area contributed by atoms with E-state index in [0.29, 0.717) is 18.8 Å². The van der Waals surface area contributed by atoms with E-state index >= 15 is 0 Å². The van der Waals surface area contributed by atoms with E-state index in [2.05, 4.69) is 32.6 Å². The third kappa shape index (κ3) is 11.7. The molecule has 1 unspecified atom stereocenters. The highest BCUT2D eigenvalue weighted by molar-refractivity contribution is 5.86. The van der Waals surface area contributed by atoms with Crippen LogP contribution in [0.1, 0.15) is 52.9 Å². The molecule has 0 bridgehead atoms. The lowest BCUT2D eigenvalue weighted by atomic mass is 10.1. The lowest BCUT2D eigenvalue weighted by Gasteiger charge is -2.12. The van der Waals surface area contributed by atoms with Crippen LogP contribution >= 0.6 is 0 Å². The van der Waals surface area contributed by atoms with Crippen LogP contribution in [0.2, 0.25) is 0 Å². The summed E-state index contributed by atoms with van der Waals surface area (Å²) in [5.41, 5.74) is 0.424. The Kier molecular flexibility index (Phi) is 11.3. The van der Waals surface area contributed by atoms with Crippen LogP contribution in [0, 0.1) is 0 Å². The first kappa shape index (κ1) is 17.9. The molecule has 0 N–H and O–H groups in total. The van der Waals surface area contributed by atoms with Crippen molar-refractivity contribution in [3.8, 4) is 0 Å². The molecule has 0 rings (SSSR count). The van der Waals surface area contributed by atoms with Gasteiger partial charge in [-0.1, -0.05) is 32.1 Å². The molecule has 1 atom stereocenters. The number of allylic oxidation sites excluding steroid dienone is 2. The van der Waals surface area contributed by atoms with Gasteiger partial charge in [0.2, 0.25) is 0 Å². The summed E-state index contributed by atoms with van der Waals surface area (Å²) in [7, 11) is 0. The van der Waals surface area contributed by atoms with Gasteiger partial charge in [0.05, 0.1) is 12.7 Å². The molecule has 3 nitrogen and oxygen atoms in total. The zero-order valence-corrected chi connectivity index (χ0v) is 12.6. The van der Waals surface area contributed by atoms with Crippen LogP contribution in [0.25, 0.3) is 0 Å². The number of esters is 1. The fraction of sp³-hybridized carbons (Fsp3) is 0.688. The standard InChI is InChI=1S/C16H28O3/c1-5-6-7-8-9-10-11-15(4)18-12-13-19-16(17)14(2)3/h6-7,15H,2,5,8-13H2,1,3-4H3. The van der Waals surface area contributed by atoms with Gasteiger partial charge in [0.1, 0.15) is 6.61 Å². The zero-order valence-electron chi connectivity index (χ0n) is 12.6. The summed E-state index contributed by atoms with van der Waals surface area (Å²) in [5.74, 6) is -0.348. The van der Waals surface area contributed by atoms with Crippen molar-refractivity contribution in [3.05, 3.63) is 24.3 Å². The highest BCUT2D eigenvalue weighted by Gasteiger charge is 2.04. The number of ether oxygens (including phenoxy) is 2. The Morgan fingerprint density at radius 2 is 2.00 bits per heavy atom. The number of carbonyl (C=O) groups excluding carboxylic acids is 1. The van der Waals surface area contributed by atoms with Crippen LogP contribution in [0.3, 0.4) is 0 Å². The molecule has 0 saturated heterocycles. The summed E-state index contributed by atoms with van der Waals surface area (Å²) in [4.78, 5) is 11.1. The van der Waals surface area contributed by atoms with E-state index < -0.39 is 0 Å². The molecule has 3 heteroatoms. The van der Waals surface area contributed by atoms with Crippen LogP contribution < -0.4 is 0 Å². The predicted molar refractivity (Wildman–Crippen MR) is 79.1 cm³/mol. The Bertz CT molecular complexity index is 282. The second kappa shape index (κ2) is 12.0. The van der Waals surface area contributed by atoms with Crippen LogP contribution in [0.5, 0.6) is 0 Å². The molecule has 0 aromatic heterocycles. The third-order valence-electron chi connectivity index (χ3n) is 2.70. The van der Waals surface area contributed by atoms with E-state index in [9.17, 15) is 4.79 Å². The zero-order chi connectivity index (χ0) is 14.5. The fourth-order valence-corrected chi connectivity index (χ4v) is 1.57. The maximum atomic E-state index is 11.1. The lowest BCUT2D eigenvalue weighted by Crippen LogP contribution is -2.15. The monoisotopic (exact) mass is 268 g/mol. The summed E-state index contributed by atoms with van der Waals surface area (Å²) >= 11 is 0. The van der Waals surface area contributed by atoms with Gasteiger partial charge >= 0.3 is 5.97 Å². The molecule has 0 radical (unpaired) electrons.